The average Bonchev–Trinajstić information content (AvgIpc) is 3.24. The summed E-state index contributed by atoms with van der Waals surface area (Å²) in [6, 6.07) is 0. The molecule has 0 aliphatic rings. The van der Waals surface area contributed by atoms with Crippen LogP contribution >= 0.6 is 23.7 Å². The van der Waals surface area contributed by atoms with E-state index in [2.05, 4.69) is 44.6 Å². The van der Waals surface area contributed by atoms with E-state index >= 15 is 0 Å². The van der Waals surface area contributed by atoms with Gasteiger partial charge >= 0.3 is 0 Å². The van der Waals surface area contributed by atoms with Gasteiger partial charge in [-0.3, -0.25) is 14.5 Å². The first-order chi connectivity index (χ1) is 11.7. The van der Waals surface area contributed by atoms with Crippen LogP contribution in [0.5, 0.6) is 0 Å². The molecule has 0 atom stereocenters. The molecule has 12 heteroatoms. The zero-order valence-corrected chi connectivity index (χ0v) is 14.3. The highest BCUT2D eigenvalue weighted by atomic mass is 32.2. The summed E-state index contributed by atoms with van der Waals surface area (Å²) in [5.41, 5.74) is 2.23. The van der Waals surface area contributed by atoms with Crippen molar-refractivity contribution in [1.29, 1.82) is 0 Å². The van der Waals surface area contributed by atoms with Crippen molar-refractivity contribution in [3.8, 4) is 0 Å². The Morgan fingerprint density at radius 1 is 1.00 bits per heavy atom. The molecule has 0 spiro atoms. The monoisotopic (exact) mass is 363 g/mol. The molecule has 4 aromatic heterocycles. The van der Waals surface area contributed by atoms with Crippen LogP contribution < -0.4 is 10.3 Å². The van der Waals surface area contributed by atoms with Crippen LogP contribution in [-0.2, 0) is 0 Å². The van der Waals surface area contributed by atoms with Crippen molar-refractivity contribution in [3.63, 3.8) is 0 Å². The largest absolute Gasteiger partial charge is 0.341 e. The summed E-state index contributed by atoms with van der Waals surface area (Å²) in [7, 11) is 0. The number of nitrogens with one attached hydrogen (secondary N) is 4. The molecule has 0 unspecified atom stereocenters. The van der Waals surface area contributed by atoms with E-state index in [-0.39, 0.29) is 5.56 Å². The number of thioether (sulfide) groups is 1. The molecule has 0 amide bonds. The zero-order chi connectivity index (χ0) is 16.9. The Morgan fingerprint density at radius 3 is 2.50 bits per heavy atom. The van der Waals surface area contributed by atoms with Gasteiger partial charge in [0.05, 0.1) is 12.7 Å². The first-order valence-electron chi connectivity index (χ1n) is 6.63. The number of nitrogens with zero attached hydrogens (tertiary/aromatic N) is 5. The van der Waals surface area contributed by atoms with Crippen LogP contribution in [0.4, 0.5) is 5.95 Å². The molecule has 10 nitrogen and oxygen atoms in total. The van der Waals surface area contributed by atoms with Crippen LogP contribution in [0.1, 0.15) is 0 Å². The van der Waals surface area contributed by atoms with E-state index in [1.54, 1.807) is 18.1 Å². The lowest BCUT2D eigenvalue weighted by Gasteiger charge is -1.98. The molecule has 0 saturated heterocycles. The van der Waals surface area contributed by atoms with Crippen molar-refractivity contribution >= 4 is 52.0 Å². The lowest BCUT2D eigenvalue weighted by Crippen LogP contribution is -2.10. The molecule has 0 bridgehead atoms. The topological polar surface area (TPSA) is 141 Å². The van der Waals surface area contributed by atoms with E-state index in [9.17, 15) is 4.79 Å². The molecule has 4 heterocycles. The summed E-state index contributed by atoms with van der Waals surface area (Å²) in [5, 5.41) is 0.938. The standard InChI is InChI=1S/C6H7N5OS.C6H6N4S/c1-13-11-6-9-4-3(5(12)10-6)7-2-8-4;1-11-6-4-5(8-2-7-4)9-3-10-6/h2H,1H3,(H3,7,8,9,10,11,12);2-3H,1H3,(H,7,8,9,10). The minimum absolute atomic E-state index is 0.223. The number of hydrogen-bond donors (Lipinski definition) is 4. The van der Waals surface area contributed by atoms with Crippen LogP contribution in [0, 0.1) is 0 Å². The van der Waals surface area contributed by atoms with E-state index in [1.807, 2.05) is 12.5 Å². The summed E-state index contributed by atoms with van der Waals surface area (Å²) in [5.74, 6) is 0.414. The lowest BCUT2D eigenvalue weighted by molar-refractivity contribution is 1.09. The number of aromatic amines is 3. The van der Waals surface area contributed by atoms with Gasteiger partial charge in [0.25, 0.3) is 5.56 Å². The smallest absolute Gasteiger partial charge is 0.278 e. The number of hydrogen-bond acceptors (Lipinski definition) is 9. The molecular weight excluding hydrogens is 350 g/mol. The molecule has 124 valence electrons. The summed E-state index contributed by atoms with van der Waals surface area (Å²) in [6.45, 7) is 0. The third-order valence-electron chi connectivity index (χ3n) is 2.88. The number of aromatic nitrogens is 8. The van der Waals surface area contributed by atoms with Crippen LogP contribution in [0.2, 0.25) is 0 Å². The summed E-state index contributed by atoms with van der Waals surface area (Å²) >= 11 is 2.93. The quantitative estimate of drug-likeness (QED) is 0.241. The summed E-state index contributed by atoms with van der Waals surface area (Å²) in [4.78, 5) is 39.6. The second kappa shape index (κ2) is 7.31. The predicted octanol–water partition coefficient (Wildman–Crippen LogP) is 1.41. The Kier molecular flexibility index (Phi) is 4.96. The third-order valence-corrected chi connectivity index (χ3v) is 3.97. The summed E-state index contributed by atoms with van der Waals surface area (Å²) in [6.07, 6.45) is 8.40. The van der Waals surface area contributed by atoms with E-state index < -0.39 is 0 Å². The lowest BCUT2D eigenvalue weighted by atomic mass is 10.5. The predicted molar refractivity (Wildman–Crippen MR) is 95.1 cm³/mol. The van der Waals surface area contributed by atoms with Gasteiger partial charge in [-0.1, -0.05) is 11.9 Å². The van der Waals surface area contributed by atoms with Crippen LogP contribution in [0.3, 0.4) is 0 Å². The van der Waals surface area contributed by atoms with Crippen LogP contribution in [0.15, 0.2) is 28.8 Å². The zero-order valence-electron chi connectivity index (χ0n) is 12.7. The van der Waals surface area contributed by atoms with Gasteiger partial charge in [0.1, 0.15) is 16.9 Å². The molecule has 0 aliphatic heterocycles. The second-order valence-corrected chi connectivity index (χ2v) is 5.71. The average molecular weight is 363 g/mol. The molecule has 0 saturated carbocycles. The van der Waals surface area contributed by atoms with Gasteiger partial charge in [-0.05, 0) is 6.26 Å². The Balaban J connectivity index is 0.000000143. The van der Waals surface area contributed by atoms with Crippen molar-refractivity contribution < 1.29 is 0 Å². The first-order valence-corrected chi connectivity index (χ1v) is 9.08. The minimum atomic E-state index is -0.223. The molecule has 0 radical (unpaired) electrons. The van der Waals surface area contributed by atoms with Crippen molar-refractivity contribution in [2.45, 2.75) is 5.03 Å². The third kappa shape index (κ3) is 3.33. The molecular formula is C12H13N9OS2. The van der Waals surface area contributed by atoms with Crippen molar-refractivity contribution in [2.24, 2.45) is 0 Å². The number of rotatable bonds is 3. The summed E-state index contributed by atoms with van der Waals surface area (Å²) < 4.78 is 2.83. The van der Waals surface area contributed by atoms with E-state index in [0.717, 1.165) is 16.2 Å². The van der Waals surface area contributed by atoms with Gasteiger partial charge < -0.3 is 9.97 Å². The highest BCUT2D eigenvalue weighted by Crippen LogP contribution is 2.18. The molecule has 4 rings (SSSR count). The first kappa shape index (κ1) is 16.3. The van der Waals surface area contributed by atoms with E-state index in [1.165, 1.54) is 24.6 Å². The van der Waals surface area contributed by atoms with Gasteiger partial charge in [0, 0.05) is 6.26 Å². The molecule has 4 N–H and O–H groups in total. The molecule has 0 aliphatic carbocycles. The maximum absolute atomic E-state index is 11.3. The van der Waals surface area contributed by atoms with Crippen LogP contribution in [-0.4, -0.2) is 52.4 Å². The SMILES string of the molecule is CSNc1nc2nc[nH]c2c(=O)[nH]1.CSc1ncnc2nc[nH]c12. The molecule has 0 fully saturated rings. The fourth-order valence-electron chi connectivity index (χ4n) is 1.89. The van der Waals surface area contributed by atoms with Crippen molar-refractivity contribution in [1.82, 2.24) is 39.9 Å². The molecule has 4 aromatic rings. The van der Waals surface area contributed by atoms with E-state index in [0.29, 0.717) is 17.1 Å². The number of H-pyrrole nitrogens is 3. The van der Waals surface area contributed by atoms with Crippen molar-refractivity contribution in [3.05, 3.63) is 29.3 Å². The van der Waals surface area contributed by atoms with Gasteiger partial charge in [-0.25, -0.2) is 19.9 Å². The van der Waals surface area contributed by atoms with Gasteiger partial charge in [0.2, 0.25) is 5.95 Å². The maximum atomic E-state index is 11.3. The normalized spacial score (nSPS) is 10.6. The second-order valence-electron chi connectivity index (χ2n) is 4.31. The Hall–Kier alpha value is -2.60. The van der Waals surface area contributed by atoms with Gasteiger partial charge in [-0.15, -0.1) is 11.8 Å². The molecule has 0 aromatic carbocycles. The Morgan fingerprint density at radius 2 is 1.75 bits per heavy atom. The minimum Gasteiger partial charge on any atom is -0.341 e. The Bertz CT molecular complexity index is 1010. The Labute approximate surface area is 143 Å². The molecule has 24 heavy (non-hydrogen) atoms. The van der Waals surface area contributed by atoms with Gasteiger partial charge in [-0.2, -0.15) is 4.98 Å². The number of anilines is 1. The van der Waals surface area contributed by atoms with E-state index in [4.69, 9.17) is 0 Å². The highest BCUT2D eigenvalue weighted by molar-refractivity contribution is 7.99. The van der Waals surface area contributed by atoms with Gasteiger partial charge in [0.15, 0.2) is 16.8 Å². The fourth-order valence-corrected chi connectivity index (χ4v) is 2.68. The highest BCUT2D eigenvalue weighted by Gasteiger charge is 2.04. The van der Waals surface area contributed by atoms with Crippen LogP contribution in [0.25, 0.3) is 22.3 Å². The number of fused-ring (bicyclic) bond motifs is 2. The number of imidazole rings is 2. The fraction of sp³-hybridized carbons (Fsp3) is 0.167. The maximum Gasteiger partial charge on any atom is 0.278 e. The van der Waals surface area contributed by atoms with Crippen molar-refractivity contribution in [2.75, 3.05) is 17.2 Å².